The average molecular weight is 295 g/mol. The molecular weight excluding hydrogens is 274 g/mol. The molecule has 108 valence electrons. The maximum absolute atomic E-state index is 3.48. The third kappa shape index (κ3) is 3.52. The molecule has 0 spiro atoms. The van der Waals surface area contributed by atoms with E-state index >= 15 is 0 Å². The van der Waals surface area contributed by atoms with Gasteiger partial charge in [0.05, 0.1) is 0 Å². The first-order chi connectivity index (χ1) is 10.4. The van der Waals surface area contributed by atoms with Crippen molar-refractivity contribution in [1.29, 1.82) is 0 Å². The van der Waals surface area contributed by atoms with Crippen LogP contribution in [0.25, 0.3) is 10.1 Å². The molecule has 1 nitrogen and oxygen atoms in total. The van der Waals surface area contributed by atoms with Crippen LogP contribution in [-0.2, 0) is 6.42 Å². The molecule has 0 bridgehead atoms. The summed E-state index contributed by atoms with van der Waals surface area (Å²) in [5.74, 6) is 0. The van der Waals surface area contributed by atoms with Crippen LogP contribution >= 0.6 is 11.3 Å². The van der Waals surface area contributed by atoms with Crippen molar-refractivity contribution in [2.45, 2.75) is 25.3 Å². The third-order valence-corrected chi connectivity index (χ3v) is 5.17. The highest BCUT2D eigenvalue weighted by atomic mass is 32.1. The van der Waals surface area contributed by atoms with Gasteiger partial charge in [0.1, 0.15) is 0 Å². The summed E-state index contributed by atoms with van der Waals surface area (Å²) in [6, 6.07) is 22.2. The quantitative estimate of drug-likeness (QED) is 0.660. The summed E-state index contributed by atoms with van der Waals surface area (Å²) >= 11 is 1.91. The molecule has 0 saturated carbocycles. The van der Waals surface area contributed by atoms with Gasteiger partial charge in [-0.15, -0.1) is 11.3 Å². The summed E-state index contributed by atoms with van der Waals surface area (Å²) in [6.45, 7) is 0. The second kappa shape index (κ2) is 6.88. The molecule has 0 saturated heterocycles. The highest BCUT2D eigenvalue weighted by Gasteiger charge is 2.12. The number of nitrogens with one attached hydrogen (secondary N) is 1. The van der Waals surface area contributed by atoms with E-state index in [0.29, 0.717) is 6.04 Å². The highest BCUT2D eigenvalue weighted by molar-refractivity contribution is 7.19. The molecule has 0 aliphatic rings. The highest BCUT2D eigenvalue weighted by Crippen LogP contribution is 2.31. The summed E-state index contributed by atoms with van der Waals surface area (Å²) in [5.41, 5.74) is 1.43. The van der Waals surface area contributed by atoms with E-state index in [1.807, 2.05) is 11.3 Å². The van der Waals surface area contributed by atoms with Crippen molar-refractivity contribution in [2.75, 3.05) is 7.05 Å². The minimum Gasteiger partial charge on any atom is -0.312 e. The molecule has 1 aromatic heterocycles. The lowest BCUT2D eigenvalue weighted by Gasteiger charge is -2.14. The summed E-state index contributed by atoms with van der Waals surface area (Å²) in [5, 5.41) is 4.84. The van der Waals surface area contributed by atoms with E-state index in [9.17, 15) is 0 Å². The summed E-state index contributed by atoms with van der Waals surface area (Å²) < 4.78 is 1.39. The van der Waals surface area contributed by atoms with Gasteiger partial charge in [0.2, 0.25) is 0 Å². The molecule has 0 radical (unpaired) electrons. The number of thiophene rings is 1. The van der Waals surface area contributed by atoms with E-state index in [4.69, 9.17) is 0 Å². The number of aryl methyl sites for hydroxylation is 1. The van der Waals surface area contributed by atoms with Gasteiger partial charge in [0, 0.05) is 15.6 Å². The zero-order valence-corrected chi connectivity index (χ0v) is 13.2. The third-order valence-electron chi connectivity index (χ3n) is 3.94. The predicted molar refractivity (Wildman–Crippen MR) is 93.0 cm³/mol. The lowest BCUT2D eigenvalue weighted by atomic mass is 10.0. The Balaban J connectivity index is 1.64. The fourth-order valence-corrected chi connectivity index (χ4v) is 3.97. The summed E-state index contributed by atoms with van der Waals surface area (Å²) in [4.78, 5) is 1.45. The van der Waals surface area contributed by atoms with Crippen LogP contribution < -0.4 is 5.32 Å². The molecule has 2 heteroatoms. The standard InChI is InChI=1S/C19H21NS/c1-20-17(12-7-10-15-8-3-2-4-9-15)19-14-16-11-5-6-13-18(16)21-19/h2-6,8-9,11,13-14,17,20H,7,10,12H2,1H3. The zero-order valence-electron chi connectivity index (χ0n) is 12.4. The van der Waals surface area contributed by atoms with Crippen LogP contribution in [0.5, 0.6) is 0 Å². The molecule has 0 aliphatic carbocycles. The largest absolute Gasteiger partial charge is 0.312 e. The van der Waals surface area contributed by atoms with E-state index in [0.717, 1.165) is 6.42 Å². The van der Waals surface area contributed by atoms with E-state index < -0.39 is 0 Å². The number of fused-ring (bicyclic) bond motifs is 1. The van der Waals surface area contributed by atoms with Gasteiger partial charge >= 0.3 is 0 Å². The topological polar surface area (TPSA) is 12.0 Å². The molecule has 1 heterocycles. The van der Waals surface area contributed by atoms with Crippen LogP contribution in [0.3, 0.4) is 0 Å². The minimum atomic E-state index is 0.464. The van der Waals surface area contributed by atoms with Gasteiger partial charge in [0.15, 0.2) is 0 Å². The van der Waals surface area contributed by atoms with Crippen LogP contribution in [0.2, 0.25) is 0 Å². The Morgan fingerprint density at radius 2 is 1.76 bits per heavy atom. The lowest BCUT2D eigenvalue weighted by molar-refractivity contribution is 0.535. The zero-order chi connectivity index (χ0) is 14.5. The van der Waals surface area contributed by atoms with Gasteiger partial charge < -0.3 is 5.32 Å². The van der Waals surface area contributed by atoms with Gasteiger partial charge in [0.25, 0.3) is 0 Å². The van der Waals surface area contributed by atoms with Gasteiger partial charge in [-0.05, 0) is 49.4 Å². The van der Waals surface area contributed by atoms with E-state index in [-0.39, 0.29) is 0 Å². The molecule has 2 aromatic carbocycles. The Bertz CT molecular complexity index is 654. The molecular formula is C19H21NS. The number of hydrogen-bond donors (Lipinski definition) is 1. The minimum absolute atomic E-state index is 0.464. The smallest absolute Gasteiger partial charge is 0.0412 e. The van der Waals surface area contributed by atoms with Gasteiger partial charge in [-0.2, -0.15) is 0 Å². The van der Waals surface area contributed by atoms with Crippen LogP contribution in [0.4, 0.5) is 0 Å². The van der Waals surface area contributed by atoms with Crippen molar-refractivity contribution in [1.82, 2.24) is 5.32 Å². The van der Waals surface area contributed by atoms with Gasteiger partial charge in [-0.25, -0.2) is 0 Å². The van der Waals surface area contributed by atoms with Crippen molar-refractivity contribution < 1.29 is 0 Å². The van der Waals surface area contributed by atoms with Gasteiger partial charge in [-0.1, -0.05) is 48.5 Å². The lowest BCUT2D eigenvalue weighted by Crippen LogP contribution is -2.15. The molecule has 1 N–H and O–H groups in total. The van der Waals surface area contributed by atoms with Crippen molar-refractivity contribution in [3.05, 3.63) is 71.1 Å². The van der Waals surface area contributed by atoms with Crippen molar-refractivity contribution in [3.63, 3.8) is 0 Å². The summed E-state index contributed by atoms with van der Waals surface area (Å²) in [7, 11) is 2.07. The van der Waals surface area contributed by atoms with Crippen molar-refractivity contribution in [2.24, 2.45) is 0 Å². The van der Waals surface area contributed by atoms with Crippen LogP contribution in [0, 0.1) is 0 Å². The predicted octanol–water partition coefficient (Wildman–Crippen LogP) is 5.18. The first-order valence-corrected chi connectivity index (χ1v) is 8.38. The Hall–Kier alpha value is -1.64. The number of hydrogen-bond acceptors (Lipinski definition) is 2. The normalized spacial score (nSPS) is 12.6. The Kier molecular flexibility index (Phi) is 4.69. The van der Waals surface area contributed by atoms with E-state index in [2.05, 4.69) is 73.0 Å². The fraction of sp³-hybridized carbons (Fsp3) is 0.263. The average Bonchev–Trinajstić information content (AvgIpc) is 2.96. The molecule has 0 fully saturated rings. The fourth-order valence-electron chi connectivity index (χ4n) is 2.76. The number of benzene rings is 2. The van der Waals surface area contributed by atoms with Crippen LogP contribution in [-0.4, -0.2) is 7.05 Å². The molecule has 21 heavy (non-hydrogen) atoms. The van der Waals surface area contributed by atoms with Crippen LogP contribution in [0.15, 0.2) is 60.7 Å². The van der Waals surface area contributed by atoms with E-state index in [1.165, 1.54) is 33.4 Å². The Morgan fingerprint density at radius 1 is 1.00 bits per heavy atom. The molecule has 0 aliphatic heterocycles. The number of rotatable bonds is 6. The second-order valence-corrected chi connectivity index (χ2v) is 6.52. The Labute approximate surface area is 130 Å². The Morgan fingerprint density at radius 3 is 2.52 bits per heavy atom. The first kappa shape index (κ1) is 14.3. The molecule has 0 amide bonds. The molecule has 1 unspecified atom stereocenters. The van der Waals surface area contributed by atoms with Crippen molar-refractivity contribution in [3.8, 4) is 0 Å². The first-order valence-electron chi connectivity index (χ1n) is 7.56. The van der Waals surface area contributed by atoms with Crippen molar-refractivity contribution >= 4 is 21.4 Å². The molecule has 1 atom stereocenters. The maximum atomic E-state index is 3.48. The SMILES string of the molecule is CNC(CCCc1ccccc1)c1cc2ccccc2s1. The summed E-state index contributed by atoms with van der Waals surface area (Å²) in [6.07, 6.45) is 3.55. The van der Waals surface area contributed by atoms with E-state index in [1.54, 1.807) is 0 Å². The maximum Gasteiger partial charge on any atom is 0.0412 e. The molecule has 3 aromatic rings. The monoisotopic (exact) mass is 295 g/mol. The second-order valence-electron chi connectivity index (χ2n) is 5.41. The van der Waals surface area contributed by atoms with Gasteiger partial charge in [-0.3, -0.25) is 0 Å². The van der Waals surface area contributed by atoms with Crippen LogP contribution in [0.1, 0.15) is 29.3 Å². The molecule has 3 rings (SSSR count).